The van der Waals surface area contributed by atoms with Crippen molar-refractivity contribution in [2.24, 2.45) is 5.92 Å². The molecule has 0 amide bonds. The summed E-state index contributed by atoms with van der Waals surface area (Å²) in [5.41, 5.74) is 7.80. The average molecular weight is 291 g/mol. The lowest BCUT2D eigenvalue weighted by molar-refractivity contribution is 0.638. The highest BCUT2D eigenvalue weighted by Crippen LogP contribution is 2.40. The standard InChI is InChI=1S/C16H19Br/c1-10(2)6-11-7-13-9-12-4-3-5-14(12)16(17)15(13)8-11/h8-10H,3-7H2,1-2H3. The Kier molecular flexibility index (Phi) is 2.90. The van der Waals surface area contributed by atoms with Gasteiger partial charge >= 0.3 is 0 Å². The maximum Gasteiger partial charge on any atom is 0.0285 e. The Morgan fingerprint density at radius 1 is 1.24 bits per heavy atom. The van der Waals surface area contributed by atoms with Crippen LogP contribution in [0.4, 0.5) is 0 Å². The molecule has 1 aromatic rings. The molecule has 2 aliphatic carbocycles. The van der Waals surface area contributed by atoms with E-state index < -0.39 is 0 Å². The van der Waals surface area contributed by atoms with Crippen molar-refractivity contribution in [3.05, 3.63) is 38.4 Å². The van der Waals surface area contributed by atoms with Crippen LogP contribution in [-0.4, -0.2) is 0 Å². The molecular weight excluding hydrogens is 272 g/mol. The SMILES string of the molecule is CC(C)CC1=Cc2c(cc3c(c2Br)CCC3)C1. The van der Waals surface area contributed by atoms with Gasteiger partial charge in [0.15, 0.2) is 0 Å². The van der Waals surface area contributed by atoms with Crippen LogP contribution in [0.3, 0.4) is 0 Å². The number of hydrogen-bond acceptors (Lipinski definition) is 0. The van der Waals surface area contributed by atoms with Gasteiger partial charge in [-0.2, -0.15) is 0 Å². The average Bonchev–Trinajstić information content (AvgIpc) is 2.83. The number of rotatable bonds is 2. The van der Waals surface area contributed by atoms with Crippen molar-refractivity contribution in [1.82, 2.24) is 0 Å². The summed E-state index contributed by atoms with van der Waals surface area (Å²) in [6.07, 6.45) is 8.72. The number of allylic oxidation sites excluding steroid dienone is 1. The molecule has 0 fully saturated rings. The van der Waals surface area contributed by atoms with E-state index in [9.17, 15) is 0 Å². The smallest absolute Gasteiger partial charge is 0.0285 e. The lowest BCUT2D eigenvalue weighted by atomic mass is 9.99. The fourth-order valence-electron chi connectivity index (χ4n) is 3.23. The third-order valence-electron chi connectivity index (χ3n) is 3.89. The molecule has 0 nitrogen and oxygen atoms in total. The van der Waals surface area contributed by atoms with E-state index >= 15 is 0 Å². The zero-order valence-electron chi connectivity index (χ0n) is 10.6. The Bertz CT molecular complexity index is 495. The van der Waals surface area contributed by atoms with E-state index in [0.717, 1.165) is 5.92 Å². The number of halogens is 1. The van der Waals surface area contributed by atoms with Crippen molar-refractivity contribution in [1.29, 1.82) is 0 Å². The van der Waals surface area contributed by atoms with Gasteiger partial charge in [-0.15, -0.1) is 0 Å². The molecule has 1 aromatic carbocycles. The summed E-state index contributed by atoms with van der Waals surface area (Å²) in [5.74, 6) is 0.765. The van der Waals surface area contributed by atoms with E-state index in [1.807, 2.05) is 0 Å². The van der Waals surface area contributed by atoms with E-state index in [0.29, 0.717) is 0 Å². The molecule has 0 saturated carbocycles. The van der Waals surface area contributed by atoms with Crippen molar-refractivity contribution < 1.29 is 0 Å². The third-order valence-corrected chi connectivity index (χ3v) is 4.80. The van der Waals surface area contributed by atoms with Crippen molar-refractivity contribution in [2.45, 2.75) is 46.0 Å². The molecule has 1 heteroatoms. The van der Waals surface area contributed by atoms with Gasteiger partial charge in [-0.05, 0) is 76.2 Å². The molecule has 0 saturated heterocycles. The minimum absolute atomic E-state index is 0.765. The second-order valence-electron chi connectivity index (χ2n) is 5.83. The first-order valence-electron chi connectivity index (χ1n) is 6.67. The molecule has 0 atom stereocenters. The first-order chi connectivity index (χ1) is 8.15. The van der Waals surface area contributed by atoms with Crippen LogP contribution < -0.4 is 0 Å². The summed E-state index contributed by atoms with van der Waals surface area (Å²) in [4.78, 5) is 0. The first kappa shape index (κ1) is 11.5. The van der Waals surface area contributed by atoms with Gasteiger partial charge < -0.3 is 0 Å². The van der Waals surface area contributed by atoms with E-state index in [4.69, 9.17) is 0 Å². The van der Waals surface area contributed by atoms with E-state index in [1.54, 1.807) is 22.3 Å². The monoisotopic (exact) mass is 290 g/mol. The Morgan fingerprint density at radius 2 is 2.06 bits per heavy atom. The Balaban J connectivity index is 1.99. The molecule has 17 heavy (non-hydrogen) atoms. The van der Waals surface area contributed by atoms with Crippen LogP contribution in [-0.2, 0) is 19.3 Å². The number of benzene rings is 1. The highest BCUT2D eigenvalue weighted by molar-refractivity contribution is 9.10. The normalized spacial score (nSPS) is 17.3. The van der Waals surface area contributed by atoms with Gasteiger partial charge in [-0.3, -0.25) is 0 Å². The highest BCUT2D eigenvalue weighted by Gasteiger charge is 2.22. The van der Waals surface area contributed by atoms with Crippen LogP contribution in [0.15, 0.2) is 16.1 Å². The zero-order valence-corrected chi connectivity index (χ0v) is 12.2. The predicted octanol–water partition coefficient (Wildman–Crippen LogP) is 4.92. The molecular formula is C16H19Br. The maximum atomic E-state index is 3.83. The van der Waals surface area contributed by atoms with Gasteiger partial charge in [0.1, 0.15) is 0 Å². The molecule has 0 unspecified atom stereocenters. The van der Waals surface area contributed by atoms with Crippen LogP contribution in [0.2, 0.25) is 0 Å². The topological polar surface area (TPSA) is 0 Å². The molecule has 3 rings (SSSR count). The summed E-state index contributed by atoms with van der Waals surface area (Å²) in [5, 5.41) is 0. The van der Waals surface area contributed by atoms with Gasteiger partial charge in [-0.25, -0.2) is 0 Å². The lowest BCUT2D eigenvalue weighted by Gasteiger charge is -2.08. The van der Waals surface area contributed by atoms with E-state index in [1.165, 1.54) is 42.1 Å². The Hall–Kier alpha value is -0.560. The minimum atomic E-state index is 0.765. The number of hydrogen-bond donors (Lipinski definition) is 0. The molecule has 0 aromatic heterocycles. The summed E-state index contributed by atoms with van der Waals surface area (Å²) in [6, 6.07) is 2.46. The van der Waals surface area contributed by atoms with Crippen LogP contribution in [0, 0.1) is 5.92 Å². The molecule has 0 bridgehead atoms. The van der Waals surface area contributed by atoms with Gasteiger partial charge in [-0.1, -0.05) is 31.6 Å². The predicted molar refractivity (Wildman–Crippen MR) is 77.3 cm³/mol. The Morgan fingerprint density at radius 3 is 2.82 bits per heavy atom. The largest absolute Gasteiger partial charge is 0.0649 e. The molecule has 0 spiro atoms. The minimum Gasteiger partial charge on any atom is -0.0649 e. The van der Waals surface area contributed by atoms with Crippen LogP contribution in [0.25, 0.3) is 6.08 Å². The quantitative estimate of drug-likeness (QED) is 0.725. The van der Waals surface area contributed by atoms with E-state index in [-0.39, 0.29) is 0 Å². The molecule has 2 aliphatic rings. The van der Waals surface area contributed by atoms with Gasteiger partial charge in [0.25, 0.3) is 0 Å². The summed E-state index contributed by atoms with van der Waals surface area (Å²) >= 11 is 3.83. The number of aryl methyl sites for hydroxylation is 1. The Labute approximate surface area is 112 Å². The van der Waals surface area contributed by atoms with Gasteiger partial charge in [0.2, 0.25) is 0 Å². The molecule has 0 N–H and O–H groups in total. The fourth-order valence-corrected chi connectivity index (χ4v) is 4.05. The summed E-state index contributed by atoms with van der Waals surface area (Å²) in [6.45, 7) is 4.61. The lowest BCUT2D eigenvalue weighted by Crippen LogP contribution is -1.94. The van der Waals surface area contributed by atoms with Crippen molar-refractivity contribution in [2.75, 3.05) is 0 Å². The molecule has 90 valence electrons. The van der Waals surface area contributed by atoms with Crippen LogP contribution in [0.5, 0.6) is 0 Å². The van der Waals surface area contributed by atoms with Crippen molar-refractivity contribution in [3.63, 3.8) is 0 Å². The molecule has 0 radical (unpaired) electrons. The first-order valence-corrected chi connectivity index (χ1v) is 7.47. The van der Waals surface area contributed by atoms with Crippen LogP contribution in [0.1, 0.15) is 48.9 Å². The molecule has 0 aliphatic heterocycles. The van der Waals surface area contributed by atoms with Crippen LogP contribution >= 0.6 is 15.9 Å². The maximum absolute atomic E-state index is 3.83. The highest BCUT2D eigenvalue weighted by atomic mass is 79.9. The zero-order chi connectivity index (χ0) is 12.0. The number of fused-ring (bicyclic) bond motifs is 2. The summed E-state index contributed by atoms with van der Waals surface area (Å²) in [7, 11) is 0. The fraction of sp³-hybridized carbons (Fsp3) is 0.500. The van der Waals surface area contributed by atoms with E-state index in [2.05, 4.69) is 41.9 Å². The summed E-state index contributed by atoms with van der Waals surface area (Å²) < 4.78 is 1.39. The van der Waals surface area contributed by atoms with Gasteiger partial charge in [0.05, 0.1) is 0 Å². The second-order valence-corrected chi connectivity index (χ2v) is 6.62. The third kappa shape index (κ3) is 1.99. The second kappa shape index (κ2) is 4.28. The van der Waals surface area contributed by atoms with Gasteiger partial charge in [0, 0.05) is 4.47 Å². The van der Waals surface area contributed by atoms with Crippen molar-refractivity contribution in [3.8, 4) is 0 Å². The van der Waals surface area contributed by atoms with Crippen molar-refractivity contribution >= 4 is 22.0 Å². The molecule has 0 heterocycles.